The third kappa shape index (κ3) is 1.09. The summed E-state index contributed by atoms with van der Waals surface area (Å²) in [4.78, 5) is 0. The topological polar surface area (TPSA) is 0 Å². The van der Waals surface area contributed by atoms with Crippen molar-refractivity contribution < 1.29 is 0 Å². The van der Waals surface area contributed by atoms with E-state index in [1.807, 2.05) is 0 Å². The van der Waals surface area contributed by atoms with Crippen LogP contribution in [0.1, 0.15) is 46.5 Å². The highest BCUT2D eigenvalue weighted by atomic mass is 14.4. The van der Waals surface area contributed by atoms with E-state index in [4.69, 9.17) is 0 Å². The zero-order chi connectivity index (χ0) is 6.27. The molecule has 0 saturated heterocycles. The third-order valence-electron chi connectivity index (χ3n) is 3.41. The van der Waals surface area contributed by atoms with Gasteiger partial charge in [0.2, 0.25) is 0 Å². The van der Waals surface area contributed by atoms with Gasteiger partial charge in [-0.2, -0.15) is 0 Å². The Bertz CT molecular complexity index is 107. The zero-order valence-electron chi connectivity index (χ0n) is 6.27. The molecule has 2 saturated carbocycles. The van der Waals surface area contributed by atoms with Crippen molar-refractivity contribution in [1.29, 1.82) is 0 Å². The smallest absolute Gasteiger partial charge is 0.0383 e. The number of fused-ring (bicyclic) bond motifs is 2. The lowest BCUT2D eigenvalue weighted by Crippen LogP contribution is -2.08. The van der Waals surface area contributed by atoms with Crippen molar-refractivity contribution in [3.63, 3.8) is 0 Å². The van der Waals surface area contributed by atoms with Gasteiger partial charge >= 0.3 is 0 Å². The third-order valence-corrected chi connectivity index (χ3v) is 3.41. The van der Waals surface area contributed by atoms with E-state index in [0.717, 1.165) is 17.8 Å². The molecule has 3 unspecified atom stereocenters. The summed E-state index contributed by atoms with van der Waals surface area (Å²) in [5, 5.41) is 0. The van der Waals surface area contributed by atoms with Crippen molar-refractivity contribution in [2.45, 2.75) is 46.5 Å². The lowest BCUT2D eigenvalue weighted by atomic mass is 9.87. The van der Waals surface area contributed by atoms with Gasteiger partial charge in [-0.1, -0.05) is 27.2 Å². The van der Waals surface area contributed by atoms with E-state index < -0.39 is 0 Å². The van der Waals surface area contributed by atoms with Crippen LogP contribution in [0.4, 0.5) is 0 Å². The standard InChI is InChI=1S/C9H16.CH4/c1-2-8-5-7-3-4-9(8)6-7;/h7-9H,2-6H2,1H3;1H4. The van der Waals surface area contributed by atoms with Gasteiger partial charge in [0.1, 0.15) is 0 Å². The molecule has 10 heavy (non-hydrogen) atoms. The van der Waals surface area contributed by atoms with Gasteiger partial charge in [0.05, 0.1) is 0 Å². The monoisotopic (exact) mass is 140 g/mol. The lowest BCUT2D eigenvalue weighted by Gasteiger charge is -2.18. The summed E-state index contributed by atoms with van der Waals surface area (Å²) in [6, 6.07) is 0. The molecule has 60 valence electrons. The second-order valence-corrected chi connectivity index (χ2v) is 3.84. The van der Waals surface area contributed by atoms with Crippen LogP contribution in [0.3, 0.4) is 0 Å². The van der Waals surface area contributed by atoms with Gasteiger partial charge < -0.3 is 0 Å². The maximum atomic E-state index is 2.35. The molecule has 0 aromatic carbocycles. The number of hydrogen-bond donors (Lipinski definition) is 0. The van der Waals surface area contributed by atoms with E-state index in [-0.39, 0.29) is 7.43 Å². The maximum absolute atomic E-state index is 2.35. The molecular weight excluding hydrogens is 120 g/mol. The fourth-order valence-corrected chi connectivity index (χ4v) is 2.88. The van der Waals surface area contributed by atoms with Gasteiger partial charge in [-0.3, -0.25) is 0 Å². The summed E-state index contributed by atoms with van der Waals surface area (Å²) >= 11 is 0. The first-order chi connectivity index (χ1) is 4.40. The molecule has 2 aliphatic rings. The van der Waals surface area contributed by atoms with Crippen LogP contribution in [0, 0.1) is 17.8 Å². The van der Waals surface area contributed by atoms with Crippen LogP contribution in [-0.2, 0) is 0 Å². The quantitative estimate of drug-likeness (QED) is 0.523. The SMILES string of the molecule is C.CCC1CC2CCC1C2. The first-order valence-corrected chi connectivity index (χ1v) is 4.40. The molecule has 0 heteroatoms. The summed E-state index contributed by atoms with van der Waals surface area (Å²) in [5.41, 5.74) is 0. The summed E-state index contributed by atoms with van der Waals surface area (Å²) in [5.74, 6) is 3.43. The highest BCUT2D eigenvalue weighted by Gasteiger charge is 2.37. The van der Waals surface area contributed by atoms with Gasteiger partial charge in [-0.05, 0) is 37.0 Å². The fraction of sp³-hybridized carbons (Fsp3) is 1.00. The molecule has 0 aromatic heterocycles. The molecule has 0 nitrogen and oxygen atoms in total. The van der Waals surface area contributed by atoms with Crippen molar-refractivity contribution in [1.82, 2.24) is 0 Å². The first-order valence-electron chi connectivity index (χ1n) is 4.40. The van der Waals surface area contributed by atoms with Crippen molar-refractivity contribution in [2.24, 2.45) is 17.8 Å². The molecule has 3 atom stereocenters. The Morgan fingerprint density at radius 2 is 2.00 bits per heavy atom. The molecule has 0 aromatic rings. The van der Waals surface area contributed by atoms with Crippen molar-refractivity contribution in [3.8, 4) is 0 Å². The van der Waals surface area contributed by atoms with Crippen LogP contribution in [0.25, 0.3) is 0 Å². The average molecular weight is 140 g/mol. The minimum Gasteiger partial charge on any atom is -0.0776 e. The largest absolute Gasteiger partial charge is 0.0776 e. The van der Waals surface area contributed by atoms with E-state index in [0.29, 0.717) is 0 Å². The molecule has 2 aliphatic carbocycles. The Balaban J connectivity index is 0.000000500. The van der Waals surface area contributed by atoms with Crippen molar-refractivity contribution in [2.75, 3.05) is 0 Å². The van der Waals surface area contributed by atoms with E-state index in [1.54, 1.807) is 25.7 Å². The Morgan fingerprint density at radius 3 is 2.30 bits per heavy atom. The van der Waals surface area contributed by atoms with Gasteiger partial charge in [-0.25, -0.2) is 0 Å². The molecule has 0 amide bonds. The first kappa shape index (κ1) is 8.10. The number of hydrogen-bond acceptors (Lipinski definition) is 0. The Labute approximate surface area is 65.0 Å². The van der Waals surface area contributed by atoms with Crippen LogP contribution >= 0.6 is 0 Å². The minimum absolute atomic E-state index is 0. The maximum Gasteiger partial charge on any atom is -0.0383 e. The minimum atomic E-state index is 0. The Hall–Kier alpha value is 0. The molecule has 0 radical (unpaired) electrons. The summed E-state index contributed by atoms with van der Waals surface area (Å²) < 4.78 is 0. The fourth-order valence-electron chi connectivity index (χ4n) is 2.88. The second-order valence-electron chi connectivity index (χ2n) is 3.84. The van der Waals surface area contributed by atoms with Crippen molar-refractivity contribution in [3.05, 3.63) is 0 Å². The van der Waals surface area contributed by atoms with E-state index >= 15 is 0 Å². The predicted molar refractivity (Wildman–Crippen MR) is 46.0 cm³/mol. The van der Waals surface area contributed by atoms with Crippen LogP contribution in [0.15, 0.2) is 0 Å². The molecule has 2 bridgehead atoms. The van der Waals surface area contributed by atoms with Crippen LogP contribution in [0.2, 0.25) is 0 Å². The van der Waals surface area contributed by atoms with E-state index in [1.165, 1.54) is 6.42 Å². The van der Waals surface area contributed by atoms with Gasteiger partial charge in [0.15, 0.2) is 0 Å². The van der Waals surface area contributed by atoms with Crippen LogP contribution in [0.5, 0.6) is 0 Å². The molecule has 0 aliphatic heterocycles. The van der Waals surface area contributed by atoms with Crippen molar-refractivity contribution >= 4 is 0 Å². The molecular formula is C10H20. The number of rotatable bonds is 1. The second kappa shape index (κ2) is 2.94. The molecule has 0 N–H and O–H groups in total. The predicted octanol–water partition coefficient (Wildman–Crippen LogP) is 3.47. The molecule has 2 fully saturated rings. The molecule has 0 spiro atoms. The summed E-state index contributed by atoms with van der Waals surface area (Å²) in [7, 11) is 0. The zero-order valence-corrected chi connectivity index (χ0v) is 6.27. The Kier molecular flexibility index (Phi) is 2.38. The average Bonchev–Trinajstić information content (AvgIpc) is 2.45. The summed E-state index contributed by atoms with van der Waals surface area (Å²) in [6.07, 6.45) is 7.71. The van der Waals surface area contributed by atoms with Gasteiger partial charge in [-0.15, -0.1) is 0 Å². The molecule has 0 heterocycles. The highest BCUT2D eigenvalue weighted by Crippen LogP contribution is 2.49. The van der Waals surface area contributed by atoms with Gasteiger partial charge in [0.25, 0.3) is 0 Å². The van der Waals surface area contributed by atoms with E-state index in [9.17, 15) is 0 Å². The normalized spacial score (nSPS) is 43.5. The summed E-state index contributed by atoms with van der Waals surface area (Å²) in [6.45, 7) is 2.35. The van der Waals surface area contributed by atoms with Crippen LogP contribution in [-0.4, -0.2) is 0 Å². The lowest BCUT2D eigenvalue weighted by molar-refractivity contribution is 0.324. The Morgan fingerprint density at radius 1 is 1.20 bits per heavy atom. The molecule has 2 rings (SSSR count). The van der Waals surface area contributed by atoms with Gasteiger partial charge in [0, 0.05) is 0 Å². The van der Waals surface area contributed by atoms with Crippen LogP contribution < -0.4 is 0 Å². The van der Waals surface area contributed by atoms with E-state index in [2.05, 4.69) is 6.92 Å². The highest BCUT2D eigenvalue weighted by molar-refractivity contribution is 4.88.